The number of hydrogen-bond acceptors (Lipinski definition) is 5. The number of amides is 1. The number of likely N-dealkylation sites (tertiary alicyclic amines) is 1. The molecule has 6 heteroatoms. The molecule has 2 aliphatic heterocycles. The van der Waals surface area contributed by atoms with Gasteiger partial charge in [0.2, 0.25) is 0 Å². The molecular weight excluding hydrogens is 450 g/mol. The molecule has 3 heterocycles. The molecule has 2 saturated heterocycles. The molecule has 2 bridgehead atoms. The van der Waals surface area contributed by atoms with E-state index in [1.165, 1.54) is 25.1 Å². The molecular formula is C30H37N3O3. The first-order valence-corrected chi connectivity index (χ1v) is 13.9. The number of nitrogens with zero attached hydrogens (tertiary/aromatic N) is 2. The van der Waals surface area contributed by atoms with Gasteiger partial charge in [0.1, 0.15) is 0 Å². The lowest BCUT2D eigenvalue weighted by Gasteiger charge is -2.51. The number of aliphatic hydroxyl groups is 1. The van der Waals surface area contributed by atoms with E-state index in [1.54, 1.807) is 0 Å². The summed E-state index contributed by atoms with van der Waals surface area (Å²) in [5.74, 6) is 0.368. The number of carbonyl (C=O) groups is 1. The molecule has 4 aliphatic carbocycles. The minimum absolute atomic E-state index is 0.129. The van der Waals surface area contributed by atoms with E-state index in [1.807, 2.05) is 12.3 Å². The number of carbonyl (C=O) groups excluding carboxylic acids is 1. The van der Waals surface area contributed by atoms with Gasteiger partial charge in [-0.1, -0.05) is 24.3 Å². The zero-order valence-corrected chi connectivity index (χ0v) is 21.0. The molecule has 1 amide bonds. The van der Waals surface area contributed by atoms with Crippen molar-refractivity contribution >= 4 is 5.91 Å². The zero-order chi connectivity index (χ0) is 24.5. The molecule has 36 heavy (non-hydrogen) atoms. The van der Waals surface area contributed by atoms with E-state index in [2.05, 4.69) is 29.2 Å². The number of primary amides is 1. The molecule has 2 unspecified atom stereocenters. The molecule has 4 saturated carbocycles. The van der Waals surface area contributed by atoms with Gasteiger partial charge in [0.05, 0.1) is 16.9 Å². The maximum Gasteiger partial charge on any atom is 0.250 e. The van der Waals surface area contributed by atoms with Crippen molar-refractivity contribution < 1.29 is 14.6 Å². The van der Waals surface area contributed by atoms with Crippen LogP contribution in [0.5, 0.6) is 0 Å². The van der Waals surface area contributed by atoms with Crippen LogP contribution in [0.3, 0.4) is 0 Å². The summed E-state index contributed by atoms with van der Waals surface area (Å²) < 4.78 is 5.57. The molecule has 0 spiro atoms. The van der Waals surface area contributed by atoms with Crippen molar-refractivity contribution in [2.75, 3.05) is 26.3 Å². The second-order valence-corrected chi connectivity index (χ2v) is 12.4. The molecule has 6 fully saturated rings. The first-order valence-electron chi connectivity index (χ1n) is 13.9. The van der Waals surface area contributed by atoms with Crippen molar-refractivity contribution in [3.63, 3.8) is 0 Å². The van der Waals surface area contributed by atoms with Gasteiger partial charge in [-0.3, -0.25) is 14.7 Å². The van der Waals surface area contributed by atoms with Crippen molar-refractivity contribution in [3.05, 3.63) is 53.3 Å². The van der Waals surface area contributed by atoms with Crippen LogP contribution in [-0.2, 0) is 15.6 Å². The minimum Gasteiger partial charge on any atom is -0.390 e. The number of fused-ring (bicyclic) bond motifs is 4. The third-order valence-electron chi connectivity index (χ3n) is 10.5. The van der Waals surface area contributed by atoms with Crippen molar-refractivity contribution in [3.8, 4) is 11.1 Å². The monoisotopic (exact) mass is 487 g/mol. The number of ether oxygens (including phenoxy) is 1. The van der Waals surface area contributed by atoms with Gasteiger partial charge in [0.25, 0.3) is 5.91 Å². The van der Waals surface area contributed by atoms with Crippen LogP contribution in [0.4, 0.5) is 0 Å². The molecule has 2 aromatic rings. The summed E-state index contributed by atoms with van der Waals surface area (Å²) in [7, 11) is 0. The first-order chi connectivity index (χ1) is 17.4. The fourth-order valence-electron chi connectivity index (χ4n) is 8.05. The topological polar surface area (TPSA) is 88.7 Å². The highest BCUT2D eigenvalue weighted by atomic mass is 16.5. The molecule has 2 atom stereocenters. The minimum atomic E-state index is -0.516. The fraction of sp³-hybridized carbons (Fsp3) is 0.600. The van der Waals surface area contributed by atoms with Gasteiger partial charge in [0.15, 0.2) is 0 Å². The van der Waals surface area contributed by atoms with Crippen LogP contribution < -0.4 is 5.73 Å². The van der Waals surface area contributed by atoms with E-state index in [0.717, 1.165) is 87.3 Å². The van der Waals surface area contributed by atoms with Crippen molar-refractivity contribution in [1.82, 2.24) is 9.88 Å². The molecule has 3 N–H and O–H groups in total. The van der Waals surface area contributed by atoms with E-state index in [-0.39, 0.29) is 5.41 Å². The van der Waals surface area contributed by atoms with Crippen LogP contribution in [-0.4, -0.2) is 58.8 Å². The van der Waals surface area contributed by atoms with Crippen molar-refractivity contribution in [2.24, 2.45) is 11.7 Å². The average molecular weight is 488 g/mol. The van der Waals surface area contributed by atoms with E-state index in [9.17, 15) is 9.90 Å². The van der Waals surface area contributed by atoms with Crippen molar-refractivity contribution in [1.29, 1.82) is 0 Å². The smallest absolute Gasteiger partial charge is 0.250 e. The number of benzene rings is 1. The highest BCUT2D eigenvalue weighted by Gasteiger charge is 2.61. The lowest BCUT2D eigenvalue weighted by atomic mass is 9.57. The number of aromatic nitrogens is 1. The first kappa shape index (κ1) is 22.9. The summed E-state index contributed by atoms with van der Waals surface area (Å²) in [5, 5.41) is 10.6. The molecule has 0 radical (unpaired) electrons. The van der Waals surface area contributed by atoms with Gasteiger partial charge in [-0.05, 0) is 80.9 Å². The van der Waals surface area contributed by atoms with Gasteiger partial charge in [-0.2, -0.15) is 0 Å². The van der Waals surface area contributed by atoms with Gasteiger partial charge in [0, 0.05) is 54.9 Å². The Labute approximate surface area is 213 Å². The normalized spacial score (nSPS) is 36.1. The van der Waals surface area contributed by atoms with Gasteiger partial charge < -0.3 is 15.6 Å². The summed E-state index contributed by atoms with van der Waals surface area (Å²) >= 11 is 0. The summed E-state index contributed by atoms with van der Waals surface area (Å²) in [5.41, 5.74) is 10.4. The SMILES string of the molecule is NC(=O)c1cc(-c2ccc(C34CC3CN(C3CCOCC3)C4)cc2)cnc1C12CCC(O)(CC1)CC2. The quantitative estimate of drug-likeness (QED) is 0.667. The van der Waals surface area contributed by atoms with Gasteiger partial charge in [-0.25, -0.2) is 0 Å². The maximum atomic E-state index is 12.5. The lowest BCUT2D eigenvalue weighted by molar-refractivity contribution is -0.0670. The number of rotatable bonds is 5. The maximum absolute atomic E-state index is 12.5. The van der Waals surface area contributed by atoms with Crippen LogP contribution >= 0.6 is 0 Å². The highest BCUT2D eigenvalue weighted by Crippen LogP contribution is 2.60. The van der Waals surface area contributed by atoms with E-state index < -0.39 is 11.5 Å². The number of pyridine rings is 1. The van der Waals surface area contributed by atoms with Crippen LogP contribution in [0.2, 0.25) is 0 Å². The van der Waals surface area contributed by atoms with E-state index in [0.29, 0.717) is 17.0 Å². The Kier molecular flexibility index (Phi) is 5.15. The lowest BCUT2D eigenvalue weighted by Crippen LogP contribution is -2.49. The van der Waals surface area contributed by atoms with Crippen LogP contribution in [0, 0.1) is 5.92 Å². The van der Waals surface area contributed by atoms with Crippen LogP contribution in [0.25, 0.3) is 11.1 Å². The standard InChI is InChI=1S/C30H37N3O3/c31-27(34)25-15-21(17-32-26(25)28-7-10-29(35,11-8-28)12-9-28)20-1-3-22(4-2-20)30-16-23(30)18-33(19-30)24-5-13-36-14-6-24/h1-4,15,17,23-24,35H,5-14,16,18-19H2,(H2,31,34). The molecule has 6 aliphatic rings. The Hall–Kier alpha value is -2.28. The largest absolute Gasteiger partial charge is 0.390 e. The fourth-order valence-corrected chi connectivity index (χ4v) is 8.05. The van der Waals surface area contributed by atoms with Crippen molar-refractivity contribution in [2.45, 2.75) is 80.3 Å². The predicted molar refractivity (Wildman–Crippen MR) is 138 cm³/mol. The van der Waals surface area contributed by atoms with E-state index >= 15 is 0 Å². The number of hydrogen-bond donors (Lipinski definition) is 2. The third kappa shape index (κ3) is 3.56. The Morgan fingerprint density at radius 2 is 1.72 bits per heavy atom. The summed E-state index contributed by atoms with van der Waals surface area (Å²) in [6.45, 7) is 4.19. The third-order valence-corrected chi connectivity index (χ3v) is 10.5. The highest BCUT2D eigenvalue weighted by molar-refractivity contribution is 5.95. The van der Waals surface area contributed by atoms with E-state index in [4.69, 9.17) is 15.5 Å². The van der Waals surface area contributed by atoms with Gasteiger partial charge in [-0.15, -0.1) is 0 Å². The molecule has 190 valence electrons. The second-order valence-electron chi connectivity index (χ2n) is 12.4. The van der Waals surface area contributed by atoms with Crippen LogP contribution in [0.15, 0.2) is 36.5 Å². The molecule has 1 aromatic heterocycles. The Morgan fingerprint density at radius 3 is 2.39 bits per heavy atom. The second kappa shape index (κ2) is 8.11. The zero-order valence-electron chi connectivity index (χ0n) is 21.0. The average Bonchev–Trinajstić information content (AvgIpc) is 3.50. The molecule has 1 aromatic carbocycles. The Bertz CT molecular complexity index is 1160. The summed E-state index contributed by atoms with van der Waals surface area (Å²) in [4.78, 5) is 20.1. The van der Waals surface area contributed by atoms with Gasteiger partial charge >= 0.3 is 0 Å². The summed E-state index contributed by atoms with van der Waals surface area (Å²) in [6.07, 6.45) is 10.5. The number of nitrogens with two attached hydrogens (primary N) is 1. The summed E-state index contributed by atoms with van der Waals surface area (Å²) in [6, 6.07) is 11.6. The predicted octanol–water partition coefficient (Wildman–Crippen LogP) is 3.94. The number of piperidine rings is 1. The Morgan fingerprint density at radius 1 is 1.03 bits per heavy atom. The molecule has 6 nitrogen and oxygen atoms in total. The van der Waals surface area contributed by atoms with Crippen LogP contribution in [0.1, 0.15) is 79.4 Å². The Balaban J connectivity index is 1.13. The molecule has 8 rings (SSSR count).